The van der Waals surface area contributed by atoms with Crippen LogP contribution in [-0.2, 0) is 6.54 Å². The quantitative estimate of drug-likeness (QED) is 0.864. The van der Waals surface area contributed by atoms with Crippen LogP contribution in [0.25, 0.3) is 0 Å². The minimum atomic E-state index is 0.0790. The average Bonchev–Trinajstić information content (AvgIpc) is 3.01. The molecule has 5 nitrogen and oxygen atoms in total. The van der Waals surface area contributed by atoms with Crippen LogP contribution >= 0.6 is 11.5 Å². The van der Waals surface area contributed by atoms with Crippen LogP contribution in [-0.4, -0.2) is 51.5 Å². The van der Waals surface area contributed by atoms with Crippen molar-refractivity contribution < 1.29 is 4.79 Å². The summed E-state index contributed by atoms with van der Waals surface area (Å²) in [7, 11) is 2.14. The van der Waals surface area contributed by atoms with Gasteiger partial charge in [-0.2, -0.15) is 0 Å². The van der Waals surface area contributed by atoms with E-state index >= 15 is 0 Å². The summed E-state index contributed by atoms with van der Waals surface area (Å²) in [6, 6.07) is 10.9. The minimum absolute atomic E-state index is 0.0790. The maximum atomic E-state index is 12.6. The Balaban J connectivity index is 1.64. The maximum absolute atomic E-state index is 12.6. The molecule has 1 fully saturated rings. The van der Waals surface area contributed by atoms with Crippen LogP contribution in [0.15, 0.2) is 30.3 Å². The van der Waals surface area contributed by atoms with Crippen molar-refractivity contribution in [3.63, 3.8) is 0 Å². The lowest BCUT2D eigenvalue weighted by Gasteiger charge is -2.37. The van der Waals surface area contributed by atoms with E-state index in [0.29, 0.717) is 10.9 Å². The zero-order chi connectivity index (χ0) is 16.2. The molecule has 0 saturated carbocycles. The second kappa shape index (κ2) is 7.19. The molecule has 0 radical (unpaired) electrons. The Bertz CT molecular complexity index is 658. The highest BCUT2D eigenvalue weighted by molar-refractivity contribution is 7.07. The summed E-state index contributed by atoms with van der Waals surface area (Å²) in [5, 5.41) is 3.95. The van der Waals surface area contributed by atoms with Crippen molar-refractivity contribution in [1.29, 1.82) is 0 Å². The second-order valence-corrected chi connectivity index (χ2v) is 6.89. The van der Waals surface area contributed by atoms with Crippen LogP contribution in [0.5, 0.6) is 0 Å². The monoisotopic (exact) mass is 330 g/mol. The number of carbonyl (C=O) groups is 1. The van der Waals surface area contributed by atoms with Gasteiger partial charge in [-0.1, -0.05) is 34.8 Å². The van der Waals surface area contributed by atoms with Gasteiger partial charge < -0.3 is 4.90 Å². The third kappa shape index (κ3) is 3.76. The number of hydrogen-bond acceptors (Lipinski definition) is 5. The first-order chi connectivity index (χ1) is 11.1. The van der Waals surface area contributed by atoms with E-state index in [-0.39, 0.29) is 5.91 Å². The van der Waals surface area contributed by atoms with Gasteiger partial charge in [0.1, 0.15) is 4.88 Å². The van der Waals surface area contributed by atoms with Gasteiger partial charge in [0.05, 0.1) is 5.69 Å². The van der Waals surface area contributed by atoms with E-state index in [1.54, 1.807) is 0 Å². The summed E-state index contributed by atoms with van der Waals surface area (Å²) < 4.78 is 3.88. The first-order valence-corrected chi connectivity index (χ1v) is 8.75. The molecule has 0 aliphatic carbocycles. The van der Waals surface area contributed by atoms with Gasteiger partial charge in [0.15, 0.2) is 0 Å². The van der Waals surface area contributed by atoms with Crippen molar-refractivity contribution in [2.75, 3.05) is 20.1 Å². The largest absolute Gasteiger partial charge is 0.336 e. The fraction of sp³-hybridized carbons (Fsp3) is 0.471. The van der Waals surface area contributed by atoms with Gasteiger partial charge in [0.25, 0.3) is 5.91 Å². The summed E-state index contributed by atoms with van der Waals surface area (Å²) >= 11 is 1.20. The zero-order valence-corrected chi connectivity index (χ0v) is 14.4. The summed E-state index contributed by atoms with van der Waals surface area (Å²) in [5.74, 6) is 0.0790. The van der Waals surface area contributed by atoms with Gasteiger partial charge in [-0.05, 0) is 43.9 Å². The Labute approximate surface area is 141 Å². The Morgan fingerprint density at radius 1 is 1.39 bits per heavy atom. The fourth-order valence-corrected chi connectivity index (χ4v) is 3.70. The number of nitrogens with zero attached hydrogens (tertiary/aromatic N) is 4. The van der Waals surface area contributed by atoms with E-state index in [1.165, 1.54) is 17.1 Å². The van der Waals surface area contributed by atoms with E-state index in [9.17, 15) is 4.79 Å². The number of aryl methyl sites for hydroxylation is 1. The highest BCUT2D eigenvalue weighted by Crippen LogP contribution is 2.20. The smallest absolute Gasteiger partial charge is 0.267 e. The topological polar surface area (TPSA) is 49.3 Å². The van der Waals surface area contributed by atoms with Crippen molar-refractivity contribution in [2.24, 2.45) is 0 Å². The van der Waals surface area contributed by atoms with Gasteiger partial charge in [-0.15, -0.1) is 5.10 Å². The van der Waals surface area contributed by atoms with Gasteiger partial charge >= 0.3 is 0 Å². The van der Waals surface area contributed by atoms with Crippen molar-refractivity contribution in [3.05, 3.63) is 46.5 Å². The van der Waals surface area contributed by atoms with E-state index in [0.717, 1.165) is 38.2 Å². The summed E-state index contributed by atoms with van der Waals surface area (Å²) in [5.41, 5.74) is 2.04. The number of piperidine rings is 1. The Morgan fingerprint density at radius 3 is 2.87 bits per heavy atom. The number of likely N-dealkylation sites (N-methyl/N-ethyl adjacent to an activating group) is 1. The second-order valence-electron chi connectivity index (χ2n) is 6.14. The lowest BCUT2D eigenvalue weighted by Crippen LogP contribution is -2.48. The van der Waals surface area contributed by atoms with Crippen molar-refractivity contribution in [2.45, 2.75) is 32.4 Å². The number of rotatable bonds is 4. The summed E-state index contributed by atoms with van der Waals surface area (Å²) in [4.78, 5) is 17.6. The lowest BCUT2D eigenvalue weighted by atomic mass is 10.0. The molecule has 1 atom stereocenters. The molecular formula is C17H22N4OS. The molecule has 1 aromatic carbocycles. The number of benzene rings is 1. The molecule has 3 rings (SSSR count). The molecule has 2 heterocycles. The highest BCUT2D eigenvalue weighted by atomic mass is 32.1. The molecule has 2 aromatic rings. The van der Waals surface area contributed by atoms with Crippen LogP contribution < -0.4 is 0 Å². The van der Waals surface area contributed by atoms with Gasteiger partial charge in [0.2, 0.25) is 0 Å². The molecule has 122 valence electrons. The normalized spacial score (nSPS) is 18.4. The third-order valence-corrected chi connectivity index (χ3v) is 5.24. The molecule has 1 aliphatic heterocycles. The SMILES string of the molecule is Cc1nnsc1C(=O)N1CCCC(N(C)Cc2ccccc2)C1. The minimum Gasteiger partial charge on any atom is -0.336 e. The van der Waals surface area contributed by atoms with Crippen LogP contribution in [0, 0.1) is 6.92 Å². The standard InChI is InChI=1S/C17H22N4OS/c1-13-16(23-19-18-13)17(22)21-10-6-9-15(12-21)20(2)11-14-7-4-3-5-8-14/h3-5,7-8,15H,6,9-12H2,1-2H3. The Hall–Kier alpha value is -1.79. The van der Waals surface area contributed by atoms with Crippen LogP contribution in [0.2, 0.25) is 0 Å². The molecule has 23 heavy (non-hydrogen) atoms. The molecule has 1 unspecified atom stereocenters. The zero-order valence-electron chi connectivity index (χ0n) is 13.6. The summed E-state index contributed by atoms with van der Waals surface area (Å²) in [6.45, 7) is 4.36. The van der Waals surface area contributed by atoms with E-state index in [2.05, 4.69) is 45.8 Å². The number of aromatic nitrogens is 2. The molecular weight excluding hydrogens is 308 g/mol. The molecule has 1 saturated heterocycles. The van der Waals surface area contributed by atoms with Gasteiger partial charge in [-0.25, -0.2) is 0 Å². The van der Waals surface area contributed by atoms with Crippen LogP contribution in [0.4, 0.5) is 0 Å². The summed E-state index contributed by atoms with van der Waals surface area (Å²) in [6.07, 6.45) is 2.17. The first kappa shape index (κ1) is 16.1. The van der Waals surface area contributed by atoms with Crippen molar-refractivity contribution in [1.82, 2.24) is 19.4 Å². The fourth-order valence-electron chi connectivity index (χ4n) is 3.07. The first-order valence-electron chi connectivity index (χ1n) is 7.97. The molecule has 0 N–H and O–H groups in total. The molecule has 0 spiro atoms. The number of likely N-dealkylation sites (tertiary alicyclic amines) is 1. The predicted octanol–water partition coefficient (Wildman–Crippen LogP) is 2.58. The average molecular weight is 330 g/mol. The molecule has 0 bridgehead atoms. The lowest BCUT2D eigenvalue weighted by molar-refractivity contribution is 0.0606. The third-order valence-electron chi connectivity index (χ3n) is 4.43. The van der Waals surface area contributed by atoms with E-state index in [1.807, 2.05) is 17.9 Å². The Morgan fingerprint density at radius 2 is 2.17 bits per heavy atom. The van der Waals surface area contributed by atoms with E-state index < -0.39 is 0 Å². The highest BCUT2D eigenvalue weighted by Gasteiger charge is 2.28. The molecule has 1 aromatic heterocycles. The van der Waals surface area contributed by atoms with Crippen molar-refractivity contribution in [3.8, 4) is 0 Å². The Kier molecular flexibility index (Phi) is 5.03. The van der Waals surface area contributed by atoms with Crippen LogP contribution in [0.3, 0.4) is 0 Å². The molecule has 1 aliphatic rings. The van der Waals surface area contributed by atoms with Gasteiger partial charge in [-0.3, -0.25) is 9.69 Å². The van der Waals surface area contributed by atoms with Crippen LogP contribution in [0.1, 0.15) is 33.8 Å². The number of hydrogen-bond donors (Lipinski definition) is 0. The molecule has 1 amide bonds. The van der Waals surface area contributed by atoms with Crippen molar-refractivity contribution >= 4 is 17.4 Å². The predicted molar refractivity (Wildman–Crippen MR) is 91.5 cm³/mol. The van der Waals surface area contributed by atoms with Gasteiger partial charge in [0, 0.05) is 25.7 Å². The maximum Gasteiger partial charge on any atom is 0.267 e. The molecule has 6 heteroatoms. The van der Waals surface area contributed by atoms with E-state index in [4.69, 9.17) is 0 Å². The number of amides is 1. The number of carbonyl (C=O) groups excluding carboxylic acids is 1.